The fraction of sp³-hybridized carbons (Fsp3) is 0.722. The predicted octanol–water partition coefficient (Wildman–Crippen LogP) is 3.61. The average molecular weight is 338 g/mol. The molecule has 130 valence electrons. The first-order chi connectivity index (χ1) is 11.2. The van der Waals surface area contributed by atoms with Gasteiger partial charge in [-0.25, -0.2) is 0 Å². The highest BCUT2D eigenvalue weighted by molar-refractivity contribution is 7.10. The Morgan fingerprint density at radius 1 is 1.43 bits per heavy atom. The molecule has 0 aromatic carbocycles. The van der Waals surface area contributed by atoms with Crippen molar-refractivity contribution in [1.82, 2.24) is 10.6 Å². The zero-order valence-electron chi connectivity index (χ0n) is 14.7. The van der Waals surface area contributed by atoms with Crippen molar-refractivity contribution >= 4 is 17.3 Å². The second-order valence-corrected chi connectivity index (χ2v) is 7.57. The first-order valence-corrected chi connectivity index (χ1v) is 9.61. The number of thiophene rings is 1. The summed E-state index contributed by atoms with van der Waals surface area (Å²) < 4.78 is 5.27. The lowest BCUT2D eigenvalue weighted by molar-refractivity contribution is 0.0778. The molecule has 1 saturated carbocycles. The third-order valence-electron chi connectivity index (χ3n) is 4.77. The van der Waals surface area contributed by atoms with Crippen LogP contribution in [0.25, 0.3) is 0 Å². The van der Waals surface area contributed by atoms with Crippen molar-refractivity contribution in [2.45, 2.75) is 45.4 Å². The summed E-state index contributed by atoms with van der Waals surface area (Å²) in [7, 11) is 1.78. The number of methoxy groups -OCH3 is 1. The Labute approximate surface area is 144 Å². The van der Waals surface area contributed by atoms with E-state index in [1.54, 1.807) is 7.11 Å². The van der Waals surface area contributed by atoms with E-state index >= 15 is 0 Å². The summed E-state index contributed by atoms with van der Waals surface area (Å²) in [4.78, 5) is 6.28. The van der Waals surface area contributed by atoms with Crippen molar-refractivity contribution in [2.24, 2.45) is 10.4 Å². The fourth-order valence-electron chi connectivity index (χ4n) is 2.99. The van der Waals surface area contributed by atoms with Gasteiger partial charge in [-0.05, 0) is 43.0 Å². The van der Waals surface area contributed by atoms with Gasteiger partial charge in [-0.3, -0.25) is 4.99 Å². The van der Waals surface area contributed by atoms with Crippen LogP contribution in [-0.2, 0) is 4.74 Å². The van der Waals surface area contributed by atoms with Crippen LogP contribution in [0.2, 0.25) is 0 Å². The van der Waals surface area contributed by atoms with Gasteiger partial charge in [0, 0.05) is 44.1 Å². The second kappa shape index (κ2) is 9.28. The molecule has 0 aliphatic heterocycles. The molecule has 0 amide bonds. The number of ether oxygens (including phenoxy) is 1. The molecular weight excluding hydrogens is 306 g/mol. The van der Waals surface area contributed by atoms with Crippen molar-refractivity contribution in [3.8, 4) is 0 Å². The Hall–Kier alpha value is -1.07. The molecule has 0 saturated heterocycles. The van der Waals surface area contributed by atoms with Crippen LogP contribution in [0, 0.1) is 5.41 Å². The third kappa shape index (κ3) is 5.50. The van der Waals surface area contributed by atoms with Gasteiger partial charge in [-0.1, -0.05) is 19.4 Å². The van der Waals surface area contributed by atoms with E-state index in [-0.39, 0.29) is 0 Å². The van der Waals surface area contributed by atoms with E-state index in [1.807, 2.05) is 11.3 Å². The van der Waals surface area contributed by atoms with Gasteiger partial charge in [0.1, 0.15) is 0 Å². The Morgan fingerprint density at radius 3 is 2.83 bits per heavy atom. The van der Waals surface area contributed by atoms with Crippen molar-refractivity contribution in [1.29, 1.82) is 0 Å². The Balaban J connectivity index is 1.86. The number of nitrogens with one attached hydrogen (secondary N) is 2. The van der Waals surface area contributed by atoms with Gasteiger partial charge in [-0.15, -0.1) is 11.3 Å². The van der Waals surface area contributed by atoms with Crippen LogP contribution in [0.15, 0.2) is 22.5 Å². The maximum atomic E-state index is 5.27. The molecule has 1 fully saturated rings. The van der Waals surface area contributed by atoms with Gasteiger partial charge in [0.15, 0.2) is 5.96 Å². The van der Waals surface area contributed by atoms with E-state index < -0.39 is 0 Å². The quantitative estimate of drug-likeness (QED) is 0.534. The van der Waals surface area contributed by atoms with E-state index in [0.717, 1.165) is 38.6 Å². The molecule has 1 aromatic rings. The molecule has 0 spiro atoms. The lowest BCUT2D eigenvalue weighted by atomic mass is 9.67. The van der Waals surface area contributed by atoms with Gasteiger partial charge in [0.2, 0.25) is 0 Å². The highest BCUT2D eigenvalue weighted by Crippen LogP contribution is 2.44. The minimum absolute atomic E-state index is 0.373. The summed E-state index contributed by atoms with van der Waals surface area (Å²) in [6, 6.07) is 4.32. The highest BCUT2D eigenvalue weighted by atomic mass is 32.1. The van der Waals surface area contributed by atoms with Crippen LogP contribution >= 0.6 is 11.3 Å². The standard InChI is InChI=1S/C18H31N3OS/c1-4-19-17(20-13-15(2)16-7-5-12-23-16)21-14-18(8-6-9-18)10-11-22-3/h5,7,12,15H,4,6,8-11,13-14H2,1-3H3,(H2,19,20,21). The molecule has 5 heteroatoms. The van der Waals surface area contributed by atoms with E-state index in [4.69, 9.17) is 9.73 Å². The first kappa shape index (κ1) is 18.3. The molecule has 0 bridgehead atoms. The molecule has 0 radical (unpaired) electrons. The summed E-state index contributed by atoms with van der Waals surface area (Å²) in [5, 5.41) is 9.01. The van der Waals surface area contributed by atoms with Gasteiger partial charge < -0.3 is 15.4 Å². The summed E-state index contributed by atoms with van der Waals surface area (Å²) in [6.45, 7) is 7.92. The van der Waals surface area contributed by atoms with Crippen LogP contribution in [0.3, 0.4) is 0 Å². The van der Waals surface area contributed by atoms with Crippen molar-refractivity contribution in [3.05, 3.63) is 22.4 Å². The number of hydrogen-bond acceptors (Lipinski definition) is 3. The van der Waals surface area contributed by atoms with Crippen molar-refractivity contribution < 1.29 is 4.74 Å². The van der Waals surface area contributed by atoms with Crippen LogP contribution in [0.5, 0.6) is 0 Å². The smallest absolute Gasteiger partial charge is 0.191 e. The number of guanidine groups is 1. The van der Waals surface area contributed by atoms with Crippen LogP contribution in [0.4, 0.5) is 0 Å². The summed E-state index contributed by atoms with van der Waals surface area (Å²) in [6.07, 6.45) is 5.02. The monoisotopic (exact) mass is 337 g/mol. The molecule has 2 rings (SSSR count). The highest BCUT2D eigenvalue weighted by Gasteiger charge is 2.36. The largest absolute Gasteiger partial charge is 0.385 e. The number of nitrogens with zero attached hydrogens (tertiary/aromatic N) is 1. The van der Waals surface area contributed by atoms with Gasteiger partial charge in [0.05, 0.1) is 0 Å². The topological polar surface area (TPSA) is 45.7 Å². The van der Waals surface area contributed by atoms with Crippen molar-refractivity contribution in [3.63, 3.8) is 0 Å². The number of rotatable bonds is 9. The summed E-state index contributed by atoms with van der Waals surface area (Å²) in [5.74, 6) is 1.45. The van der Waals surface area contributed by atoms with Crippen molar-refractivity contribution in [2.75, 3.05) is 33.4 Å². The van der Waals surface area contributed by atoms with E-state index in [2.05, 4.69) is 42.0 Å². The first-order valence-electron chi connectivity index (χ1n) is 8.73. The van der Waals surface area contributed by atoms with E-state index in [1.165, 1.54) is 24.1 Å². The lowest BCUT2D eigenvalue weighted by Gasteiger charge is -2.40. The average Bonchev–Trinajstić information content (AvgIpc) is 3.05. The maximum absolute atomic E-state index is 5.27. The molecule has 23 heavy (non-hydrogen) atoms. The summed E-state index contributed by atoms with van der Waals surface area (Å²) in [5.41, 5.74) is 0.373. The molecule has 1 aliphatic carbocycles. The minimum Gasteiger partial charge on any atom is -0.385 e. The minimum atomic E-state index is 0.373. The molecule has 1 aliphatic rings. The van der Waals surface area contributed by atoms with Crippen LogP contribution in [0.1, 0.15) is 50.3 Å². The molecule has 1 heterocycles. The third-order valence-corrected chi connectivity index (χ3v) is 5.88. The van der Waals surface area contributed by atoms with Gasteiger partial charge in [-0.2, -0.15) is 0 Å². The normalized spacial score (nSPS) is 18.3. The number of aliphatic imine (C=N–C) groups is 1. The lowest BCUT2D eigenvalue weighted by Crippen LogP contribution is -2.41. The fourth-order valence-corrected chi connectivity index (χ4v) is 3.78. The van der Waals surface area contributed by atoms with Crippen LogP contribution < -0.4 is 10.6 Å². The Kier molecular flexibility index (Phi) is 7.37. The van der Waals surface area contributed by atoms with E-state index in [9.17, 15) is 0 Å². The summed E-state index contributed by atoms with van der Waals surface area (Å²) >= 11 is 1.82. The van der Waals surface area contributed by atoms with Crippen LogP contribution in [-0.4, -0.2) is 39.3 Å². The van der Waals surface area contributed by atoms with Gasteiger partial charge >= 0.3 is 0 Å². The van der Waals surface area contributed by atoms with Gasteiger partial charge in [0.25, 0.3) is 0 Å². The Bertz CT molecular complexity index is 469. The Morgan fingerprint density at radius 2 is 2.26 bits per heavy atom. The van der Waals surface area contributed by atoms with E-state index in [0.29, 0.717) is 11.3 Å². The molecule has 1 unspecified atom stereocenters. The predicted molar refractivity (Wildman–Crippen MR) is 99.5 cm³/mol. The zero-order valence-corrected chi connectivity index (χ0v) is 15.5. The molecular formula is C18H31N3OS. The second-order valence-electron chi connectivity index (χ2n) is 6.59. The maximum Gasteiger partial charge on any atom is 0.191 e. The molecule has 1 aromatic heterocycles. The number of hydrogen-bond donors (Lipinski definition) is 2. The SMILES string of the molecule is CCNC(=NCC1(CCOC)CCC1)NCC(C)c1cccs1. The zero-order chi connectivity index (χ0) is 16.5. The molecule has 2 N–H and O–H groups in total. The molecule has 4 nitrogen and oxygen atoms in total. The molecule has 1 atom stereocenters.